The van der Waals surface area contributed by atoms with E-state index in [1.165, 1.54) is 18.2 Å². The summed E-state index contributed by atoms with van der Waals surface area (Å²) in [7, 11) is 1.85. The Hall–Kier alpha value is -3.64. The molecule has 3 aromatic rings. The summed E-state index contributed by atoms with van der Waals surface area (Å²) in [6.07, 6.45) is -0.161. The molecule has 0 aliphatic rings. The topological polar surface area (TPSA) is 140 Å². The number of nitrogens with one attached hydrogen (secondary N) is 3. The fourth-order valence-corrected chi connectivity index (χ4v) is 4.63. The van der Waals surface area contributed by atoms with Crippen LogP contribution in [-0.4, -0.2) is 63.4 Å². The van der Waals surface area contributed by atoms with Gasteiger partial charge in [-0.05, 0) is 74.1 Å². The van der Waals surface area contributed by atoms with Crippen molar-refractivity contribution in [2.24, 2.45) is 0 Å². The molecule has 2 atom stereocenters. The van der Waals surface area contributed by atoms with Gasteiger partial charge in [-0.2, -0.15) is 0 Å². The lowest BCUT2D eigenvalue weighted by molar-refractivity contribution is -0.122. The third kappa shape index (κ3) is 8.17. The van der Waals surface area contributed by atoms with Crippen LogP contribution in [-0.2, 0) is 26.9 Å². The molecule has 0 aliphatic heterocycles. The molecule has 1 amide bonds. The first-order valence-corrected chi connectivity index (χ1v) is 14.1. The van der Waals surface area contributed by atoms with Gasteiger partial charge in [0, 0.05) is 18.8 Å². The average Bonchev–Trinajstić information content (AvgIpc) is 2.87. The fraction of sp³-hybridized carbons (Fsp3) is 0.321. The molecule has 11 heteroatoms. The monoisotopic (exact) mass is 556 g/mol. The Morgan fingerprint density at radius 1 is 1.08 bits per heavy atom. The molecule has 3 rings (SSSR count). The van der Waals surface area contributed by atoms with Crippen LogP contribution in [0, 0.1) is 0 Å². The summed E-state index contributed by atoms with van der Waals surface area (Å²) in [4.78, 5) is 15.8. The van der Waals surface area contributed by atoms with E-state index < -0.39 is 21.7 Å². The molecule has 0 saturated heterocycles. The van der Waals surface area contributed by atoms with Gasteiger partial charge in [0.05, 0.1) is 25.2 Å². The second-order valence-electron chi connectivity index (χ2n) is 9.79. The van der Waals surface area contributed by atoms with E-state index in [0.29, 0.717) is 29.1 Å². The molecule has 0 spiro atoms. The number of phenols is 1. The maximum atomic E-state index is 13.7. The standard InChI is InChI=1S/C28H36N4O6S/c1-28(21-10-12-23(38-4)13-11-21,27(35)30-22-8-6-7-19(15-22)18-32(2)3)29-17-26(34)20-9-14-25(33)24(16-20)31-39(5,36)37/h6-16,26,29,31,33-34H,17-18H2,1-5H3,(H,30,35)/t26?,28-/m0/s1. The van der Waals surface area contributed by atoms with Crippen molar-refractivity contribution in [3.05, 3.63) is 83.4 Å². The molecule has 39 heavy (non-hydrogen) atoms. The van der Waals surface area contributed by atoms with Crippen molar-refractivity contribution in [1.82, 2.24) is 10.2 Å². The Bertz CT molecular complexity index is 1400. The Labute approximate surface area is 229 Å². The number of methoxy groups -OCH3 is 1. The van der Waals surface area contributed by atoms with Gasteiger partial charge >= 0.3 is 0 Å². The summed E-state index contributed by atoms with van der Waals surface area (Å²) in [6.45, 7) is 2.38. The zero-order valence-electron chi connectivity index (χ0n) is 22.7. The summed E-state index contributed by atoms with van der Waals surface area (Å²) in [5, 5.41) is 27.1. The third-order valence-corrected chi connectivity index (χ3v) is 6.75. The molecule has 10 nitrogen and oxygen atoms in total. The summed E-state index contributed by atoms with van der Waals surface area (Å²) in [6, 6.07) is 18.8. The van der Waals surface area contributed by atoms with Crippen LogP contribution in [0.3, 0.4) is 0 Å². The quantitative estimate of drug-likeness (QED) is 0.215. The zero-order valence-corrected chi connectivity index (χ0v) is 23.5. The maximum absolute atomic E-state index is 13.7. The minimum absolute atomic E-state index is 0.0534. The van der Waals surface area contributed by atoms with Crippen LogP contribution in [0.25, 0.3) is 0 Å². The van der Waals surface area contributed by atoms with Crippen LogP contribution in [0.2, 0.25) is 0 Å². The molecule has 0 bridgehead atoms. The summed E-state index contributed by atoms with van der Waals surface area (Å²) in [5.74, 6) is 0.0169. The molecule has 5 N–H and O–H groups in total. The van der Waals surface area contributed by atoms with Crippen molar-refractivity contribution in [3.63, 3.8) is 0 Å². The van der Waals surface area contributed by atoms with Gasteiger partial charge in [-0.15, -0.1) is 0 Å². The minimum Gasteiger partial charge on any atom is -0.506 e. The number of hydrogen-bond donors (Lipinski definition) is 5. The van der Waals surface area contributed by atoms with Crippen LogP contribution in [0.1, 0.15) is 29.7 Å². The highest BCUT2D eigenvalue weighted by molar-refractivity contribution is 7.92. The Kier molecular flexibility index (Phi) is 9.57. The van der Waals surface area contributed by atoms with Crippen molar-refractivity contribution in [1.29, 1.82) is 0 Å². The number of carbonyl (C=O) groups is 1. The van der Waals surface area contributed by atoms with E-state index in [-0.39, 0.29) is 23.9 Å². The first-order chi connectivity index (χ1) is 18.3. The number of benzene rings is 3. The molecule has 0 aromatic heterocycles. The number of phenolic OH excluding ortho intramolecular Hbond substituents is 1. The highest BCUT2D eigenvalue weighted by atomic mass is 32.2. The first-order valence-electron chi connectivity index (χ1n) is 12.2. The summed E-state index contributed by atoms with van der Waals surface area (Å²) < 4.78 is 30.8. The molecular formula is C28H36N4O6S. The summed E-state index contributed by atoms with van der Waals surface area (Å²) >= 11 is 0. The van der Waals surface area contributed by atoms with E-state index in [1.54, 1.807) is 38.3 Å². The SMILES string of the molecule is COc1ccc([C@](C)(NCC(O)c2ccc(O)c(NS(C)(=O)=O)c2)C(=O)Nc2cccc(CN(C)C)c2)cc1. The number of rotatable bonds is 12. The van der Waals surface area contributed by atoms with Crippen molar-refractivity contribution < 1.29 is 28.2 Å². The number of nitrogens with zero attached hydrogens (tertiary/aromatic N) is 1. The number of aromatic hydroxyl groups is 1. The second-order valence-corrected chi connectivity index (χ2v) is 11.5. The smallest absolute Gasteiger partial charge is 0.249 e. The Morgan fingerprint density at radius 2 is 1.77 bits per heavy atom. The molecule has 1 unspecified atom stereocenters. The largest absolute Gasteiger partial charge is 0.506 e. The van der Waals surface area contributed by atoms with E-state index in [1.807, 2.05) is 43.3 Å². The Balaban J connectivity index is 1.87. The third-order valence-electron chi connectivity index (χ3n) is 6.15. The molecule has 0 saturated carbocycles. The molecular weight excluding hydrogens is 520 g/mol. The highest BCUT2D eigenvalue weighted by Crippen LogP contribution is 2.30. The predicted molar refractivity (Wildman–Crippen MR) is 152 cm³/mol. The van der Waals surface area contributed by atoms with Crippen molar-refractivity contribution in [3.8, 4) is 11.5 Å². The number of amides is 1. The van der Waals surface area contributed by atoms with Gasteiger partial charge in [0.15, 0.2) is 0 Å². The number of hydrogen-bond acceptors (Lipinski definition) is 8. The highest BCUT2D eigenvalue weighted by Gasteiger charge is 2.36. The van der Waals surface area contributed by atoms with Gasteiger partial charge in [-0.3, -0.25) is 14.8 Å². The van der Waals surface area contributed by atoms with E-state index in [4.69, 9.17) is 4.74 Å². The first kappa shape index (κ1) is 29.9. The van der Waals surface area contributed by atoms with Gasteiger partial charge in [-0.25, -0.2) is 8.42 Å². The number of carbonyl (C=O) groups excluding carboxylic acids is 1. The fourth-order valence-electron chi connectivity index (χ4n) is 4.07. The lowest BCUT2D eigenvalue weighted by Crippen LogP contribution is -2.51. The maximum Gasteiger partial charge on any atom is 0.249 e. The van der Waals surface area contributed by atoms with Gasteiger partial charge in [-0.1, -0.05) is 30.3 Å². The molecule has 0 heterocycles. The molecule has 0 aliphatic carbocycles. The van der Waals surface area contributed by atoms with Gasteiger partial charge < -0.3 is 25.2 Å². The van der Waals surface area contributed by atoms with Crippen LogP contribution in [0.5, 0.6) is 11.5 Å². The molecule has 210 valence electrons. The molecule has 3 aromatic carbocycles. The second kappa shape index (κ2) is 12.5. The number of sulfonamides is 1. The van der Waals surface area contributed by atoms with Crippen molar-refractivity contribution in [2.75, 3.05) is 44.0 Å². The molecule has 0 fully saturated rings. The van der Waals surface area contributed by atoms with E-state index in [2.05, 4.69) is 15.4 Å². The normalized spacial score (nSPS) is 13.9. The summed E-state index contributed by atoms with van der Waals surface area (Å²) in [5.41, 5.74) is 1.34. The predicted octanol–water partition coefficient (Wildman–Crippen LogP) is 3.01. The number of ether oxygens (including phenoxy) is 1. The van der Waals surface area contributed by atoms with E-state index >= 15 is 0 Å². The van der Waals surface area contributed by atoms with Crippen LogP contribution in [0.15, 0.2) is 66.7 Å². The Morgan fingerprint density at radius 3 is 2.38 bits per heavy atom. The van der Waals surface area contributed by atoms with Crippen molar-refractivity contribution in [2.45, 2.75) is 25.1 Å². The van der Waals surface area contributed by atoms with E-state index in [9.17, 15) is 23.4 Å². The van der Waals surface area contributed by atoms with Gasteiger partial charge in [0.2, 0.25) is 15.9 Å². The van der Waals surface area contributed by atoms with Crippen molar-refractivity contribution >= 4 is 27.3 Å². The lowest BCUT2D eigenvalue weighted by atomic mass is 9.90. The number of anilines is 2. The number of aliphatic hydroxyl groups excluding tert-OH is 1. The van der Waals surface area contributed by atoms with Crippen LogP contribution >= 0.6 is 0 Å². The van der Waals surface area contributed by atoms with Gasteiger partial charge in [0.25, 0.3) is 0 Å². The van der Waals surface area contributed by atoms with E-state index in [0.717, 1.165) is 11.8 Å². The van der Waals surface area contributed by atoms with Gasteiger partial charge in [0.1, 0.15) is 17.0 Å². The minimum atomic E-state index is -3.64. The average molecular weight is 557 g/mol. The zero-order chi connectivity index (χ0) is 28.8. The van der Waals surface area contributed by atoms with Crippen LogP contribution in [0.4, 0.5) is 11.4 Å². The molecule has 0 radical (unpaired) electrons. The lowest BCUT2D eigenvalue weighted by Gasteiger charge is -2.31. The number of aliphatic hydroxyl groups is 1. The van der Waals surface area contributed by atoms with Crippen LogP contribution < -0.4 is 20.1 Å².